The highest BCUT2D eigenvalue weighted by molar-refractivity contribution is 7.98. The molecule has 1 aliphatic carbocycles. The van der Waals surface area contributed by atoms with Crippen LogP contribution in [0.2, 0.25) is 0 Å². The van der Waals surface area contributed by atoms with Gasteiger partial charge >= 0.3 is 0 Å². The Morgan fingerprint density at radius 3 is 2.73 bits per heavy atom. The molecule has 0 aliphatic heterocycles. The standard InChI is InChI=1S/C17H19N5O3S/c1-10-19-20-17(22(10)12-5-6-12)26-9-15-18-16(21-25-15)11-4-7-13(23-2)14(8-11)24-3/h4,7-8,12H,5-6,9H2,1-3H3. The molecular weight excluding hydrogens is 354 g/mol. The zero-order chi connectivity index (χ0) is 18.1. The van der Waals surface area contributed by atoms with Gasteiger partial charge in [-0.3, -0.25) is 0 Å². The zero-order valence-electron chi connectivity index (χ0n) is 14.8. The summed E-state index contributed by atoms with van der Waals surface area (Å²) >= 11 is 1.56. The number of nitrogens with zero attached hydrogens (tertiary/aromatic N) is 5. The second-order valence-corrected chi connectivity index (χ2v) is 6.94. The van der Waals surface area contributed by atoms with Crippen LogP contribution in [0.4, 0.5) is 0 Å². The van der Waals surface area contributed by atoms with Gasteiger partial charge in [-0.15, -0.1) is 10.2 Å². The molecule has 26 heavy (non-hydrogen) atoms. The second-order valence-electron chi connectivity index (χ2n) is 6.00. The minimum absolute atomic E-state index is 0.515. The van der Waals surface area contributed by atoms with Crippen LogP contribution in [0.25, 0.3) is 11.4 Å². The fourth-order valence-electron chi connectivity index (χ4n) is 2.73. The molecule has 0 N–H and O–H groups in total. The maximum Gasteiger partial charge on any atom is 0.237 e. The van der Waals surface area contributed by atoms with Crippen LogP contribution in [0.15, 0.2) is 27.9 Å². The molecule has 0 atom stereocenters. The van der Waals surface area contributed by atoms with Gasteiger partial charge in [-0.05, 0) is 38.0 Å². The molecule has 0 radical (unpaired) electrons. The highest BCUT2D eigenvalue weighted by Crippen LogP contribution is 2.39. The van der Waals surface area contributed by atoms with Gasteiger partial charge in [-0.25, -0.2) is 0 Å². The maximum absolute atomic E-state index is 5.38. The second kappa shape index (κ2) is 6.99. The molecule has 0 unspecified atom stereocenters. The lowest BCUT2D eigenvalue weighted by molar-refractivity contribution is 0.355. The van der Waals surface area contributed by atoms with Gasteiger partial charge in [0.05, 0.1) is 20.0 Å². The normalized spacial score (nSPS) is 13.8. The van der Waals surface area contributed by atoms with Crippen LogP contribution in [-0.4, -0.2) is 39.1 Å². The van der Waals surface area contributed by atoms with E-state index in [1.165, 1.54) is 12.8 Å². The summed E-state index contributed by atoms with van der Waals surface area (Å²) in [5, 5.41) is 13.4. The molecule has 0 bridgehead atoms. The summed E-state index contributed by atoms with van der Waals surface area (Å²) in [6, 6.07) is 6.06. The van der Waals surface area contributed by atoms with Crippen LogP contribution in [0.3, 0.4) is 0 Å². The van der Waals surface area contributed by atoms with Crippen molar-refractivity contribution in [2.75, 3.05) is 14.2 Å². The highest BCUT2D eigenvalue weighted by atomic mass is 32.2. The van der Waals surface area contributed by atoms with Crippen LogP contribution in [-0.2, 0) is 5.75 Å². The van der Waals surface area contributed by atoms with E-state index in [-0.39, 0.29) is 0 Å². The van der Waals surface area contributed by atoms with Crippen molar-refractivity contribution in [3.8, 4) is 22.9 Å². The predicted octanol–water partition coefficient (Wildman–Crippen LogP) is 3.28. The average molecular weight is 373 g/mol. The summed E-state index contributed by atoms with van der Waals surface area (Å²) in [6.45, 7) is 1.98. The molecule has 4 rings (SSSR count). The van der Waals surface area contributed by atoms with E-state index >= 15 is 0 Å². The molecule has 0 saturated heterocycles. The van der Waals surface area contributed by atoms with Crippen LogP contribution in [0, 0.1) is 6.92 Å². The first kappa shape index (κ1) is 16.9. The van der Waals surface area contributed by atoms with E-state index in [0.717, 1.165) is 16.5 Å². The van der Waals surface area contributed by atoms with Crippen molar-refractivity contribution in [3.63, 3.8) is 0 Å². The van der Waals surface area contributed by atoms with Gasteiger partial charge in [-0.1, -0.05) is 16.9 Å². The van der Waals surface area contributed by atoms with Crippen molar-refractivity contribution in [2.45, 2.75) is 36.7 Å². The van der Waals surface area contributed by atoms with Crippen molar-refractivity contribution in [3.05, 3.63) is 29.9 Å². The summed E-state index contributed by atoms with van der Waals surface area (Å²) < 4.78 is 18.1. The van der Waals surface area contributed by atoms with Gasteiger partial charge in [-0.2, -0.15) is 4.98 Å². The van der Waals surface area contributed by atoms with Crippen LogP contribution < -0.4 is 9.47 Å². The first-order valence-electron chi connectivity index (χ1n) is 8.29. The Morgan fingerprint density at radius 2 is 2.00 bits per heavy atom. The van der Waals surface area contributed by atoms with E-state index in [2.05, 4.69) is 24.9 Å². The smallest absolute Gasteiger partial charge is 0.237 e. The molecule has 2 heterocycles. The molecule has 1 aromatic carbocycles. The largest absolute Gasteiger partial charge is 0.493 e. The molecule has 0 amide bonds. The quantitative estimate of drug-likeness (QED) is 0.583. The minimum atomic E-state index is 0.515. The number of rotatable bonds is 7. The molecule has 136 valence electrons. The topological polar surface area (TPSA) is 88.1 Å². The predicted molar refractivity (Wildman–Crippen MR) is 95.4 cm³/mol. The van der Waals surface area contributed by atoms with E-state index in [0.29, 0.717) is 35.0 Å². The Hall–Kier alpha value is -2.55. The van der Waals surface area contributed by atoms with E-state index in [1.807, 2.05) is 25.1 Å². The molecule has 1 saturated carbocycles. The van der Waals surface area contributed by atoms with Crippen molar-refractivity contribution in [1.82, 2.24) is 24.9 Å². The Balaban J connectivity index is 1.48. The molecule has 9 heteroatoms. The lowest BCUT2D eigenvalue weighted by atomic mass is 10.2. The van der Waals surface area contributed by atoms with E-state index in [4.69, 9.17) is 14.0 Å². The fraction of sp³-hybridized carbons (Fsp3) is 0.412. The molecule has 8 nitrogen and oxygen atoms in total. The van der Waals surface area contributed by atoms with Crippen LogP contribution >= 0.6 is 11.8 Å². The van der Waals surface area contributed by atoms with Crippen LogP contribution in [0.5, 0.6) is 11.5 Å². The zero-order valence-corrected chi connectivity index (χ0v) is 15.6. The number of benzene rings is 1. The molecule has 3 aromatic rings. The van der Waals surface area contributed by atoms with Gasteiger partial charge in [0.15, 0.2) is 16.7 Å². The van der Waals surface area contributed by atoms with Crippen LogP contribution in [0.1, 0.15) is 30.6 Å². The number of aromatic nitrogens is 5. The summed E-state index contributed by atoms with van der Waals surface area (Å²) in [4.78, 5) is 4.47. The van der Waals surface area contributed by atoms with Crippen molar-refractivity contribution >= 4 is 11.8 Å². The molecule has 0 spiro atoms. The van der Waals surface area contributed by atoms with Crippen molar-refractivity contribution in [2.24, 2.45) is 0 Å². The van der Waals surface area contributed by atoms with E-state index in [9.17, 15) is 0 Å². The fourth-order valence-corrected chi connectivity index (χ4v) is 3.62. The third-order valence-electron chi connectivity index (χ3n) is 4.18. The Labute approximate surface area is 154 Å². The third kappa shape index (κ3) is 3.26. The summed E-state index contributed by atoms with van der Waals surface area (Å²) in [5.41, 5.74) is 0.805. The van der Waals surface area contributed by atoms with Gasteiger partial charge in [0.1, 0.15) is 5.82 Å². The maximum atomic E-state index is 5.38. The average Bonchev–Trinajstić information content (AvgIpc) is 3.26. The first-order chi connectivity index (χ1) is 12.7. The Kier molecular flexibility index (Phi) is 4.54. The Morgan fingerprint density at radius 1 is 1.19 bits per heavy atom. The lowest BCUT2D eigenvalue weighted by Crippen LogP contribution is -1.99. The van der Waals surface area contributed by atoms with Crippen molar-refractivity contribution in [1.29, 1.82) is 0 Å². The summed E-state index contributed by atoms with van der Waals surface area (Å²) in [7, 11) is 3.20. The molecular formula is C17H19N5O3S. The number of aryl methyl sites for hydroxylation is 1. The first-order valence-corrected chi connectivity index (χ1v) is 9.27. The summed E-state index contributed by atoms with van der Waals surface area (Å²) in [6.07, 6.45) is 2.38. The van der Waals surface area contributed by atoms with E-state index in [1.54, 1.807) is 26.0 Å². The highest BCUT2D eigenvalue weighted by Gasteiger charge is 2.28. The SMILES string of the molecule is COc1ccc(-c2noc(CSc3nnc(C)n3C3CC3)n2)cc1OC. The van der Waals surface area contributed by atoms with Gasteiger partial charge in [0, 0.05) is 11.6 Å². The van der Waals surface area contributed by atoms with Gasteiger partial charge in [0.25, 0.3) is 0 Å². The number of hydrogen-bond donors (Lipinski definition) is 0. The molecule has 1 aliphatic rings. The summed E-state index contributed by atoms with van der Waals surface area (Å²) in [5.74, 6) is 3.84. The van der Waals surface area contributed by atoms with Gasteiger partial charge < -0.3 is 18.6 Å². The number of thioether (sulfide) groups is 1. The number of hydrogen-bond acceptors (Lipinski definition) is 8. The molecule has 2 aromatic heterocycles. The number of methoxy groups -OCH3 is 2. The lowest BCUT2D eigenvalue weighted by Gasteiger charge is -2.07. The van der Waals surface area contributed by atoms with Crippen molar-refractivity contribution < 1.29 is 14.0 Å². The number of ether oxygens (including phenoxy) is 2. The minimum Gasteiger partial charge on any atom is -0.493 e. The van der Waals surface area contributed by atoms with Gasteiger partial charge in [0.2, 0.25) is 11.7 Å². The Bertz CT molecular complexity index is 919. The monoisotopic (exact) mass is 373 g/mol. The molecule has 1 fully saturated rings. The van der Waals surface area contributed by atoms with E-state index < -0.39 is 0 Å². The third-order valence-corrected chi connectivity index (χ3v) is 5.11.